The van der Waals surface area contributed by atoms with E-state index in [1.807, 2.05) is 30.3 Å². The maximum atomic E-state index is 12.1. The lowest BCUT2D eigenvalue weighted by Gasteiger charge is -2.19. The maximum Gasteiger partial charge on any atom is 0.262 e. The molecule has 0 aliphatic carbocycles. The highest BCUT2D eigenvalue weighted by atomic mass is 16.5. The minimum Gasteiger partial charge on any atom is -0.484 e. The van der Waals surface area contributed by atoms with Gasteiger partial charge in [0.15, 0.2) is 6.61 Å². The van der Waals surface area contributed by atoms with Gasteiger partial charge in [-0.15, -0.1) is 0 Å². The van der Waals surface area contributed by atoms with E-state index < -0.39 is 0 Å². The Bertz CT molecular complexity index is 728. The molecule has 3 rings (SSSR count). The van der Waals surface area contributed by atoms with Gasteiger partial charge in [-0.05, 0) is 30.2 Å². The summed E-state index contributed by atoms with van der Waals surface area (Å²) in [6.07, 6.45) is 0.805. The lowest BCUT2D eigenvalue weighted by Crippen LogP contribution is -2.28. The first-order chi connectivity index (χ1) is 11.1. The van der Waals surface area contributed by atoms with E-state index in [4.69, 9.17) is 4.74 Å². The van der Waals surface area contributed by atoms with Crippen molar-refractivity contribution >= 4 is 23.2 Å². The summed E-state index contributed by atoms with van der Waals surface area (Å²) in [5.74, 6) is 0.370. The number of benzene rings is 2. The van der Waals surface area contributed by atoms with E-state index in [-0.39, 0.29) is 18.4 Å². The third-order valence-electron chi connectivity index (χ3n) is 3.76. The van der Waals surface area contributed by atoms with Gasteiger partial charge in [-0.25, -0.2) is 0 Å². The molecule has 0 saturated carbocycles. The molecule has 0 saturated heterocycles. The predicted octanol–water partition coefficient (Wildman–Crippen LogP) is 2.61. The Labute approximate surface area is 134 Å². The first kappa shape index (κ1) is 15.1. The predicted molar refractivity (Wildman–Crippen MR) is 88.7 cm³/mol. The van der Waals surface area contributed by atoms with Crippen molar-refractivity contribution in [3.05, 3.63) is 54.1 Å². The number of carbonyl (C=O) groups excluding carboxylic acids is 2. The fourth-order valence-electron chi connectivity index (χ4n) is 2.72. The Morgan fingerprint density at radius 2 is 1.91 bits per heavy atom. The summed E-state index contributed by atoms with van der Waals surface area (Å²) in [4.78, 5) is 25.6. The summed E-state index contributed by atoms with van der Waals surface area (Å²) in [5, 5.41) is 2.84. The number of nitrogens with one attached hydrogen (secondary N) is 1. The van der Waals surface area contributed by atoms with Crippen LogP contribution >= 0.6 is 0 Å². The Morgan fingerprint density at radius 3 is 2.65 bits per heavy atom. The van der Waals surface area contributed by atoms with E-state index in [1.165, 1.54) is 6.92 Å². The molecule has 1 heterocycles. The van der Waals surface area contributed by atoms with Crippen molar-refractivity contribution < 1.29 is 14.3 Å². The summed E-state index contributed by atoms with van der Waals surface area (Å²) in [6, 6.07) is 14.8. The molecule has 5 heteroatoms. The van der Waals surface area contributed by atoms with Crippen LogP contribution in [-0.4, -0.2) is 25.0 Å². The maximum absolute atomic E-state index is 12.1. The first-order valence-corrected chi connectivity index (χ1v) is 7.53. The topological polar surface area (TPSA) is 58.6 Å². The van der Waals surface area contributed by atoms with Gasteiger partial charge < -0.3 is 15.0 Å². The molecular weight excluding hydrogens is 292 g/mol. The van der Waals surface area contributed by atoms with Crippen molar-refractivity contribution in [2.45, 2.75) is 13.3 Å². The fraction of sp³-hybridized carbons (Fsp3) is 0.222. The van der Waals surface area contributed by atoms with Crippen LogP contribution in [0.5, 0.6) is 5.75 Å². The van der Waals surface area contributed by atoms with Crippen molar-refractivity contribution in [3.63, 3.8) is 0 Å². The molecule has 2 aromatic rings. The highest BCUT2D eigenvalue weighted by Crippen LogP contribution is 2.35. The molecular formula is C18H18N2O3. The summed E-state index contributed by atoms with van der Waals surface area (Å²) in [6.45, 7) is 2.11. The van der Waals surface area contributed by atoms with Crippen molar-refractivity contribution in [2.24, 2.45) is 0 Å². The highest BCUT2D eigenvalue weighted by molar-refractivity contribution is 6.02. The summed E-state index contributed by atoms with van der Waals surface area (Å²) in [5.41, 5.74) is 2.52. The average Bonchev–Trinajstić information content (AvgIpc) is 2.99. The largest absolute Gasteiger partial charge is 0.484 e. The van der Waals surface area contributed by atoms with E-state index in [2.05, 4.69) is 5.32 Å². The Kier molecular flexibility index (Phi) is 4.28. The molecule has 1 aliphatic heterocycles. The lowest BCUT2D eigenvalue weighted by atomic mass is 10.1. The number of para-hydroxylation sites is 2. The van der Waals surface area contributed by atoms with Gasteiger partial charge in [-0.1, -0.05) is 30.3 Å². The van der Waals surface area contributed by atoms with Crippen LogP contribution < -0.4 is 15.0 Å². The van der Waals surface area contributed by atoms with Crippen molar-refractivity contribution in [1.82, 2.24) is 0 Å². The second kappa shape index (κ2) is 6.52. The van der Waals surface area contributed by atoms with Gasteiger partial charge in [0.1, 0.15) is 5.75 Å². The molecule has 0 unspecified atom stereocenters. The Hall–Kier alpha value is -2.82. The first-order valence-electron chi connectivity index (χ1n) is 7.53. The number of carbonyl (C=O) groups is 2. The molecule has 23 heavy (non-hydrogen) atoms. The van der Waals surface area contributed by atoms with Gasteiger partial charge in [-0.2, -0.15) is 0 Å². The van der Waals surface area contributed by atoms with Gasteiger partial charge in [0.25, 0.3) is 5.91 Å². The van der Waals surface area contributed by atoms with Crippen LogP contribution in [0.4, 0.5) is 11.4 Å². The SMILES string of the molecule is CC(=O)N1CCc2cccc(NC(=O)COc3ccccc3)c21. The molecule has 5 nitrogen and oxygen atoms in total. The molecule has 0 atom stereocenters. The number of hydrogen-bond donors (Lipinski definition) is 1. The standard InChI is InChI=1S/C18H18N2O3/c1-13(21)20-11-10-14-6-5-9-16(18(14)20)19-17(22)12-23-15-7-3-2-4-8-15/h2-9H,10-12H2,1H3,(H,19,22). The fourth-order valence-corrected chi connectivity index (χ4v) is 2.72. The molecule has 1 aliphatic rings. The van der Waals surface area contributed by atoms with Crippen molar-refractivity contribution in [1.29, 1.82) is 0 Å². The second-order valence-corrected chi connectivity index (χ2v) is 5.38. The monoisotopic (exact) mass is 310 g/mol. The minimum absolute atomic E-state index is 0.0222. The van der Waals surface area contributed by atoms with Crippen LogP contribution in [0.2, 0.25) is 0 Å². The molecule has 118 valence electrons. The van der Waals surface area contributed by atoms with Crippen LogP contribution in [-0.2, 0) is 16.0 Å². The number of ether oxygens (including phenoxy) is 1. The summed E-state index contributed by atoms with van der Waals surface area (Å²) < 4.78 is 5.44. The average molecular weight is 310 g/mol. The van der Waals surface area contributed by atoms with Crippen LogP contribution in [0.1, 0.15) is 12.5 Å². The smallest absolute Gasteiger partial charge is 0.262 e. The Morgan fingerprint density at radius 1 is 1.13 bits per heavy atom. The third kappa shape index (κ3) is 3.34. The number of anilines is 2. The van der Waals surface area contributed by atoms with Gasteiger partial charge >= 0.3 is 0 Å². The van der Waals surface area contributed by atoms with Crippen LogP contribution in [0, 0.1) is 0 Å². The summed E-state index contributed by atoms with van der Waals surface area (Å²) >= 11 is 0. The number of nitrogens with zero attached hydrogens (tertiary/aromatic N) is 1. The van der Waals surface area contributed by atoms with E-state index >= 15 is 0 Å². The second-order valence-electron chi connectivity index (χ2n) is 5.38. The van der Waals surface area contributed by atoms with Gasteiger partial charge in [0.2, 0.25) is 5.91 Å². The zero-order chi connectivity index (χ0) is 16.2. The van der Waals surface area contributed by atoms with Gasteiger partial charge in [0, 0.05) is 13.5 Å². The summed E-state index contributed by atoms with van der Waals surface area (Å²) in [7, 11) is 0. The lowest BCUT2D eigenvalue weighted by molar-refractivity contribution is -0.118. The number of fused-ring (bicyclic) bond motifs is 1. The molecule has 2 amide bonds. The number of amides is 2. The molecule has 0 aromatic heterocycles. The quantitative estimate of drug-likeness (QED) is 0.944. The number of hydrogen-bond acceptors (Lipinski definition) is 3. The normalized spacial score (nSPS) is 12.7. The minimum atomic E-state index is -0.252. The zero-order valence-corrected chi connectivity index (χ0v) is 12.9. The van der Waals surface area contributed by atoms with E-state index in [0.717, 1.165) is 17.7 Å². The van der Waals surface area contributed by atoms with E-state index in [1.54, 1.807) is 23.1 Å². The van der Waals surface area contributed by atoms with Gasteiger partial charge in [-0.3, -0.25) is 9.59 Å². The van der Waals surface area contributed by atoms with Crippen LogP contribution in [0.25, 0.3) is 0 Å². The molecule has 0 bridgehead atoms. The van der Waals surface area contributed by atoms with Crippen LogP contribution in [0.15, 0.2) is 48.5 Å². The number of rotatable bonds is 4. The van der Waals surface area contributed by atoms with Crippen LogP contribution in [0.3, 0.4) is 0 Å². The van der Waals surface area contributed by atoms with E-state index in [9.17, 15) is 9.59 Å². The van der Waals surface area contributed by atoms with Crippen molar-refractivity contribution in [2.75, 3.05) is 23.4 Å². The molecule has 0 fully saturated rings. The molecule has 0 spiro atoms. The highest BCUT2D eigenvalue weighted by Gasteiger charge is 2.25. The van der Waals surface area contributed by atoms with Crippen molar-refractivity contribution in [3.8, 4) is 5.75 Å². The third-order valence-corrected chi connectivity index (χ3v) is 3.76. The molecule has 0 radical (unpaired) electrons. The van der Waals surface area contributed by atoms with E-state index in [0.29, 0.717) is 18.0 Å². The zero-order valence-electron chi connectivity index (χ0n) is 12.9. The molecule has 1 N–H and O–H groups in total. The van der Waals surface area contributed by atoms with Gasteiger partial charge in [0.05, 0.1) is 11.4 Å². The molecule has 2 aromatic carbocycles. The Balaban J connectivity index is 1.70.